The van der Waals surface area contributed by atoms with Crippen LogP contribution in [0.1, 0.15) is 0 Å². The van der Waals surface area contributed by atoms with Gasteiger partial charge in [0, 0.05) is 0 Å². The number of hydrogen-bond donors (Lipinski definition) is 0. The lowest BCUT2D eigenvalue weighted by molar-refractivity contribution is -0.386. The second-order valence-electron chi connectivity index (χ2n) is 3.33. The van der Waals surface area contributed by atoms with Crippen LogP contribution < -0.4 is 4.74 Å². The number of halogens is 6. The third kappa shape index (κ3) is 3.43. The molecule has 0 heterocycles. The minimum absolute atomic E-state index is 0.433. The van der Waals surface area contributed by atoms with Crippen LogP contribution in [0.4, 0.5) is 27.6 Å². The standard InChI is InChI=1S/C9H5ClF5NO3/c10-5-2-1-3-6(7(5)16(17)18)19-4-8(11,12)9(13,14)15/h1-3H,4H2. The second-order valence-corrected chi connectivity index (χ2v) is 3.74. The summed E-state index contributed by atoms with van der Waals surface area (Å²) in [6.07, 6.45) is -5.81. The number of alkyl halides is 5. The van der Waals surface area contributed by atoms with E-state index in [9.17, 15) is 32.1 Å². The zero-order valence-electron chi connectivity index (χ0n) is 8.88. The lowest BCUT2D eigenvalue weighted by Gasteiger charge is -2.19. The third-order valence-electron chi connectivity index (χ3n) is 1.96. The van der Waals surface area contributed by atoms with Crippen molar-refractivity contribution in [3.8, 4) is 5.75 Å². The molecule has 0 spiro atoms. The fourth-order valence-electron chi connectivity index (χ4n) is 1.04. The summed E-state index contributed by atoms with van der Waals surface area (Å²) in [6, 6.07) is 3.07. The Hall–Kier alpha value is -1.64. The number of para-hydroxylation sites is 1. The van der Waals surface area contributed by atoms with Gasteiger partial charge in [0.05, 0.1) is 4.92 Å². The van der Waals surface area contributed by atoms with Gasteiger partial charge in [-0.05, 0) is 12.1 Å². The van der Waals surface area contributed by atoms with E-state index < -0.39 is 40.1 Å². The Balaban J connectivity index is 2.97. The van der Waals surface area contributed by atoms with E-state index in [1.165, 1.54) is 0 Å². The van der Waals surface area contributed by atoms with Crippen molar-refractivity contribution < 1.29 is 31.6 Å². The Morgan fingerprint density at radius 3 is 2.32 bits per heavy atom. The van der Waals surface area contributed by atoms with Gasteiger partial charge in [0.25, 0.3) is 0 Å². The number of nitrogens with zero attached hydrogens (tertiary/aromatic N) is 1. The molecule has 0 saturated heterocycles. The lowest BCUT2D eigenvalue weighted by atomic mass is 10.3. The molecule has 0 aliphatic carbocycles. The van der Waals surface area contributed by atoms with Crippen molar-refractivity contribution in [1.82, 2.24) is 0 Å². The number of rotatable bonds is 4. The molecule has 0 aliphatic rings. The van der Waals surface area contributed by atoms with Gasteiger partial charge in [-0.3, -0.25) is 10.1 Å². The Morgan fingerprint density at radius 2 is 1.84 bits per heavy atom. The van der Waals surface area contributed by atoms with Crippen LogP contribution in [0.3, 0.4) is 0 Å². The first kappa shape index (κ1) is 15.4. The van der Waals surface area contributed by atoms with E-state index in [2.05, 4.69) is 4.74 Å². The summed E-state index contributed by atoms with van der Waals surface area (Å²) < 4.78 is 65.0. The van der Waals surface area contributed by atoms with Crippen molar-refractivity contribution in [1.29, 1.82) is 0 Å². The summed E-state index contributed by atoms with van der Waals surface area (Å²) in [5.74, 6) is -5.88. The van der Waals surface area contributed by atoms with E-state index in [1.807, 2.05) is 0 Å². The fourth-order valence-corrected chi connectivity index (χ4v) is 1.27. The number of benzene rings is 1. The van der Waals surface area contributed by atoms with E-state index >= 15 is 0 Å². The average molecular weight is 306 g/mol. The molecule has 0 atom stereocenters. The quantitative estimate of drug-likeness (QED) is 0.482. The molecule has 19 heavy (non-hydrogen) atoms. The molecule has 0 amide bonds. The monoisotopic (exact) mass is 305 g/mol. The zero-order chi connectivity index (χ0) is 14.8. The largest absolute Gasteiger partial charge is 0.480 e. The molecular weight excluding hydrogens is 301 g/mol. The molecule has 1 rings (SSSR count). The molecule has 0 fully saturated rings. The van der Waals surface area contributed by atoms with E-state index in [4.69, 9.17) is 11.6 Å². The van der Waals surface area contributed by atoms with E-state index in [1.54, 1.807) is 0 Å². The first-order valence-corrected chi connectivity index (χ1v) is 4.94. The zero-order valence-corrected chi connectivity index (χ0v) is 9.63. The molecule has 106 valence electrons. The molecule has 1 aromatic carbocycles. The van der Waals surface area contributed by atoms with Gasteiger partial charge in [-0.2, -0.15) is 22.0 Å². The molecule has 4 nitrogen and oxygen atoms in total. The topological polar surface area (TPSA) is 52.4 Å². The van der Waals surface area contributed by atoms with Crippen molar-refractivity contribution in [3.63, 3.8) is 0 Å². The van der Waals surface area contributed by atoms with Crippen LogP contribution in [0.15, 0.2) is 18.2 Å². The molecule has 10 heteroatoms. The lowest BCUT2D eigenvalue weighted by Crippen LogP contribution is -2.41. The predicted molar refractivity (Wildman–Crippen MR) is 54.6 cm³/mol. The van der Waals surface area contributed by atoms with Crippen molar-refractivity contribution in [3.05, 3.63) is 33.3 Å². The van der Waals surface area contributed by atoms with Crippen LogP contribution in [-0.4, -0.2) is 23.6 Å². The summed E-state index contributed by atoms with van der Waals surface area (Å²) >= 11 is 5.43. The van der Waals surface area contributed by atoms with Gasteiger partial charge in [0.2, 0.25) is 0 Å². The normalized spacial score (nSPS) is 12.3. The predicted octanol–water partition coefficient (Wildman–Crippen LogP) is 3.82. The molecule has 0 saturated carbocycles. The third-order valence-corrected chi connectivity index (χ3v) is 2.26. The highest BCUT2D eigenvalue weighted by Gasteiger charge is 2.58. The van der Waals surface area contributed by atoms with Gasteiger partial charge in [-0.1, -0.05) is 17.7 Å². The van der Waals surface area contributed by atoms with Gasteiger partial charge in [-0.15, -0.1) is 0 Å². The first-order valence-electron chi connectivity index (χ1n) is 4.56. The minimum atomic E-state index is -5.81. The van der Waals surface area contributed by atoms with Crippen molar-refractivity contribution in [2.75, 3.05) is 6.61 Å². The second kappa shape index (κ2) is 5.16. The summed E-state index contributed by atoms with van der Waals surface area (Å²) in [5, 5.41) is 10.2. The highest BCUT2D eigenvalue weighted by molar-refractivity contribution is 6.32. The maximum Gasteiger partial charge on any atom is 0.456 e. The van der Waals surface area contributed by atoms with E-state index in [-0.39, 0.29) is 0 Å². The summed E-state index contributed by atoms with van der Waals surface area (Å²) in [4.78, 5) is 9.56. The van der Waals surface area contributed by atoms with Crippen LogP contribution >= 0.6 is 11.6 Å². The molecule has 1 aromatic rings. The van der Waals surface area contributed by atoms with Crippen LogP contribution in [0, 0.1) is 10.1 Å². The minimum Gasteiger partial charge on any atom is -0.480 e. The van der Waals surface area contributed by atoms with Gasteiger partial charge < -0.3 is 4.74 Å². The molecule has 0 bridgehead atoms. The smallest absolute Gasteiger partial charge is 0.456 e. The van der Waals surface area contributed by atoms with E-state index in [0.29, 0.717) is 0 Å². The Kier molecular flexibility index (Phi) is 4.18. The maximum absolute atomic E-state index is 12.6. The summed E-state index contributed by atoms with van der Waals surface area (Å²) in [6.45, 7) is -2.07. The molecular formula is C9H5ClF5NO3. The molecule has 0 unspecified atom stereocenters. The van der Waals surface area contributed by atoms with Crippen LogP contribution in [0.25, 0.3) is 0 Å². The van der Waals surface area contributed by atoms with E-state index in [0.717, 1.165) is 18.2 Å². The highest BCUT2D eigenvalue weighted by atomic mass is 35.5. The van der Waals surface area contributed by atoms with Crippen molar-refractivity contribution >= 4 is 17.3 Å². The first-order chi connectivity index (χ1) is 8.56. The summed E-state index contributed by atoms with van der Waals surface area (Å²) in [5.41, 5.74) is -0.873. The Labute approximate surface area is 107 Å². The van der Waals surface area contributed by atoms with Crippen molar-refractivity contribution in [2.24, 2.45) is 0 Å². The van der Waals surface area contributed by atoms with Crippen molar-refractivity contribution in [2.45, 2.75) is 12.1 Å². The molecule has 0 N–H and O–H groups in total. The average Bonchev–Trinajstić information content (AvgIpc) is 2.24. The SMILES string of the molecule is O=[N+]([O-])c1c(Cl)cccc1OCC(F)(F)C(F)(F)F. The van der Waals surface area contributed by atoms with Crippen LogP contribution in [0.2, 0.25) is 5.02 Å². The Bertz CT molecular complexity index is 491. The molecule has 0 aromatic heterocycles. The number of ether oxygens (including phenoxy) is 1. The van der Waals surface area contributed by atoms with Crippen LogP contribution in [-0.2, 0) is 0 Å². The number of nitro benzene ring substituents is 1. The number of nitro groups is 1. The Morgan fingerprint density at radius 1 is 1.26 bits per heavy atom. The molecule has 0 radical (unpaired) electrons. The molecule has 0 aliphatic heterocycles. The highest BCUT2D eigenvalue weighted by Crippen LogP contribution is 2.38. The number of hydrogen-bond acceptors (Lipinski definition) is 3. The van der Waals surface area contributed by atoms with Gasteiger partial charge >= 0.3 is 17.8 Å². The maximum atomic E-state index is 12.6. The van der Waals surface area contributed by atoms with Gasteiger partial charge in [0.1, 0.15) is 5.02 Å². The van der Waals surface area contributed by atoms with Gasteiger partial charge in [0.15, 0.2) is 12.4 Å². The fraction of sp³-hybridized carbons (Fsp3) is 0.333. The van der Waals surface area contributed by atoms with Crippen LogP contribution in [0.5, 0.6) is 5.75 Å². The summed E-state index contributed by atoms with van der Waals surface area (Å²) in [7, 11) is 0. The van der Waals surface area contributed by atoms with Gasteiger partial charge in [-0.25, -0.2) is 0 Å².